The molecule has 0 amide bonds. The Bertz CT molecular complexity index is 725. The zero-order chi connectivity index (χ0) is 16.9. The SMILES string of the molecule is Cc1noc([C@H]2C[C@@H](O)CN2CCCOc2cccc(C#N)c2)n1. The molecule has 0 unspecified atom stereocenters. The Hall–Kier alpha value is -2.43. The van der Waals surface area contributed by atoms with E-state index < -0.39 is 0 Å². The van der Waals surface area contributed by atoms with Gasteiger partial charge in [0.15, 0.2) is 5.82 Å². The van der Waals surface area contributed by atoms with Crippen molar-refractivity contribution in [2.75, 3.05) is 19.7 Å². The van der Waals surface area contributed by atoms with E-state index in [1.807, 2.05) is 6.07 Å². The Morgan fingerprint density at radius 3 is 3.12 bits per heavy atom. The second-order valence-corrected chi connectivity index (χ2v) is 5.92. The molecule has 1 aromatic heterocycles. The average Bonchev–Trinajstić information content (AvgIpc) is 3.17. The van der Waals surface area contributed by atoms with Gasteiger partial charge in [-0.3, -0.25) is 4.90 Å². The molecule has 0 radical (unpaired) electrons. The lowest BCUT2D eigenvalue weighted by atomic mass is 10.2. The van der Waals surface area contributed by atoms with Crippen LogP contribution in [0.15, 0.2) is 28.8 Å². The first-order chi connectivity index (χ1) is 11.7. The highest BCUT2D eigenvalue weighted by molar-refractivity contribution is 5.36. The van der Waals surface area contributed by atoms with E-state index in [1.165, 1.54) is 0 Å². The molecule has 2 aromatic rings. The van der Waals surface area contributed by atoms with Gasteiger partial charge in [0, 0.05) is 13.1 Å². The summed E-state index contributed by atoms with van der Waals surface area (Å²) in [4.78, 5) is 6.43. The molecule has 0 saturated carbocycles. The molecule has 0 bridgehead atoms. The Labute approximate surface area is 140 Å². The number of aliphatic hydroxyl groups excluding tert-OH is 1. The number of ether oxygens (including phenoxy) is 1. The molecule has 1 aliphatic heterocycles. The van der Waals surface area contributed by atoms with Crippen LogP contribution < -0.4 is 4.74 Å². The third-order valence-electron chi connectivity index (χ3n) is 4.03. The summed E-state index contributed by atoms with van der Waals surface area (Å²) in [5.41, 5.74) is 0.585. The molecule has 1 aliphatic rings. The van der Waals surface area contributed by atoms with Gasteiger partial charge in [-0.2, -0.15) is 10.2 Å². The Kier molecular flexibility index (Phi) is 5.08. The van der Waals surface area contributed by atoms with Crippen molar-refractivity contribution in [3.63, 3.8) is 0 Å². The smallest absolute Gasteiger partial charge is 0.244 e. The van der Waals surface area contributed by atoms with E-state index in [0.717, 1.165) is 13.0 Å². The van der Waals surface area contributed by atoms with Crippen molar-refractivity contribution in [1.29, 1.82) is 5.26 Å². The lowest BCUT2D eigenvalue weighted by Crippen LogP contribution is -2.27. The van der Waals surface area contributed by atoms with E-state index in [-0.39, 0.29) is 12.1 Å². The summed E-state index contributed by atoms with van der Waals surface area (Å²) >= 11 is 0. The fourth-order valence-corrected chi connectivity index (χ4v) is 2.94. The minimum atomic E-state index is -0.379. The van der Waals surface area contributed by atoms with E-state index in [4.69, 9.17) is 14.5 Å². The van der Waals surface area contributed by atoms with Crippen molar-refractivity contribution in [3.8, 4) is 11.8 Å². The predicted octanol–water partition coefficient (Wildman–Crippen LogP) is 1.83. The van der Waals surface area contributed by atoms with Gasteiger partial charge in [0.25, 0.3) is 0 Å². The first kappa shape index (κ1) is 16.4. The fourth-order valence-electron chi connectivity index (χ4n) is 2.94. The monoisotopic (exact) mass is 328 g/mol. The van der Waals surface area contributed by atoms with Gasteiger partial charge in [-0.05, 0) is 38.0 Å². The molecule has 0 aliphatic carbocycles. The zero-order valence-corrected chi connectivity index (χ0v) is 13.6. The van der Waals surface area contributed by atoms with Gasteiger partial charge in [-0.15, -0.1) is 0 Å². The summed E-state index contributed by atoms with van der Waals surface area (Å²) in [5, 5.41) is 22.6. The van der Waals surface area contributed by atoms with Gasteiger partial charge in [0.05, 0.1) is 30.4 Å². The molecule has 126 valence electrons. The highest BCUT2D eigenvalue weighted by atomic mass is 16.5. The summed E-state index contributed by atoms with van der Waals surface area (Å²) in [6, 6.07) is 9.17. The van der Waals surface area contributed by atoms with Gasteiger partial charge in [0.1, 0.15) is 5.75 Å². The number of benzene rings is 1. The fraction of sp³-hybridized carbons (Fsp3) is 0.471. The first-order valence-electron chi connectivity index (χ1n) is 8.01. The number of hydrogen-bond donors (Lipinski definition) is 1. The van der Waals surface area contributed by atoms with Crippen molar-refractivity contribution >= 4 is 0 Å². The van der Waals surface area contributed by atoms with Gasteiger partial charge >= 0.3 is 0 Å². The third kappa shape index (κ3) is 3.91. The van der Waals surface area contributed by atoms with Crippen LogP contribution in [0.25, 0.3) is 0 Å². The van der Waals surface area contributed by atoms with Crippen molar-refractivity contribution in [2.45, 2.75) is 31.9 Å². The molecule has 1 N–H and O–H groups in total. The number of likely N-dealkylation sites (tertiary alicyclic amines) is 1. The molecule has 3 rings (SSSR count). The van der Waals surface area contributed by atoms with Crippen LogP contribution in [0, 0.1) is 18.3 Å². The van der Waals surface area contributed by atoms with Gasteiger partial charge in [-0.25, -0.2) is 0 Å². The van der Waals surface area contributed by atoms with Gasteiger partial charge in [-0.1, -0.05) is 11.2 Å². The van der Waals surface area contributed by atoms with Crippen LogP contribution in [0.1, 0.15) is 36.2 Å². The normalized spacial score (nSPS) is 20.9. The Balaban J connectivity index is 1.51. The Morgan fingerprint density at radius 2 is 2.38 bits per heavy atom. The standard InChI is InChI=1S/C17H20N4O3/c1-12-19-17(24-20-12)16-9-14(22)11-21(16)6-3-7-23-15-5-2-4-13(8-15)10-18/h2,4-5,8,14,16,22H,3,6-7,9,11H2,1H3/t14-,16-/m1/s1. The maximum absolute atomic E-state index is 9.94. The van der Waals surface area contributed by atoms with E-state index in [0.29, 0.717) is 42.6 Å². The number of nitriles is 1. The zero-order valence-electron chi connectivity index (χ0n) is 13.6. The molecule has 2 atom stereocenters. The van der Waals surface area contributed by atoms with Crippen LogP contribution in [0.3, 0.4) is 0 Å². The van der Waals surface area contributed by atoms with E-state index in [1.54, 1.807) is 25.1 Å². The number of β-amino-alcohol motifs (C(OH)–C–C–N with tert-alkyl or cyclic N) is 1. The summed E-state index contributed by atoms with van der Waals surface area (Å²) in [6.07, 6.45) is 1.02. The molecular weight excluding hydrogens is 308 g/mol. The average molecular weight is 328 g/mol. The largest absolute Gasteiger partial charge is 0.494 e. The number of hydrogen-bond acceptors (Lipinski definition) is 7. The summed E-state index contributed by atoms with van der Waals surface area (Å²) < 4.78 is 10.9. The molecule has 24 heavy (non-hydrogen) atoms. The van der Waals surface area contributed by atoms with E-state index >= 15 is 0 Å². The highest BCUT2D eigenvalue weighted by Crippen LogP contribution is 2.31. The Morgan fingerprint density at radius 1 is 1.50 bits per heavy atom. The molecule has 0 spiro atoms. The van der Waals surface area contributed by atoms with Crippen molar-refractivity contribution in [1.82, 2.24) is 15.0 Å². The lowest BCUT2D eigenvalue weighted by molar-refractivity contribution is 0.166. The number of nitrogens with zero attached hydrogens (tertiary/aromatic N) is 4. The molecule has 1 aromatic carbocycles. The van der Waals surface area contributed by atoms with Crippen molar-refractivity contribution < 1.29 is 14.4 Å². The molecular formula is C17H20N4O3. The molecule has 7 heteroatoms. The minimum absolute atomic E-state index is 0.0388. The summed E-state index contributed by atoms with van der Waals surface area (Å²) in [5.74, 6) is 1.86. The van der Waals surface area contributed by atoms with E-state index in [9.17, 15) is 5.11 Å². The van der Waals surface area contributed by atoms with Crippen LogP contribution in [0.4, 0.5) is 0 Å². The van der Waals surface area contributed by atoms with Crippen LogP contribution in [-0.2, 0) is 0 Å². The van der Waals surface area contributed by atoms with Crippen LogP contribution in [0.2, 0.25) is 0 Å². The lowest BCUT2D eigenvalue weighted by Gasteiger charge is -2.21. The van der Waals surface area contributed by atoms with Crippen LogP contribution >= 0.6 is 0 Å². The summed E-state index contributed by atoms with van der Waals surface area (Å²) in [6.45, 7) is 3.68. The van der Waals surface area contributed by atoms with E-state index in [2.05, 4.69) is 21.1 Å². The maximum atomic E-state index is 9.94. The molecule has 7 nitrogen and oxygen atoms in total. The number of rotatable bonds is 6. The molecule has 2 heterocycles. The van der Waals surface area contributed by atoms with Gasteiger partial charge < -0.3 is 14.4 Å². The second kappa shape index (κ2) is 7.43. The minimum Gasteiger partial charge on any atom is -0.494 e. The number of aromatic nitrogens is 2. The topological polar surface area (TPSA) is 95.4 Å². The quantitative estimate of drug-likeness (QED) is 0.808. The number of aryl methyl sites for hydroxylation is 1. The van der Waals surface area contributed by atoms with Gasteiger partial charge in [0.2, 0.25) is 5.89 Å². The maximum Gasteiger partial charge on any atom is 0.244 e. The molecule has 1 saturated heterocycles. The van der Waals surface area contributed by atoms with Crippen LogP contribution in [0.5, 0.6) is 5.75 Å². The predicted molar refractivity (Wildman–Crippen MR) is 85.2 cm³/mol. The van der Waals surface area contributed by atoms with Crippen LogP contribution in [-0.4, -0.2) is 45.9 Å². The second-order valence-electron chi connectivity index (χ2n) is 5.92. The first-order valence-corrected chi connectivity index (χ1v) is 8.01. The molecule has 1 fully saturated rings. The highest BCUT2D eigenvalue weighted by Gasteiger charge is 2.35. The van der Waals surface area contributed by atoms with Crippen molar-refractivity contribution in [3.05, 3.63) is 41.5 Å². The number of aliphatic hydroxyl groups is 1. The third-order valence-corrected chi connectivity index (χ3v) is 4.03. The van der Waals surface area contributed by atoms with Crippen molar-refractivity contribution in [2.24, 2.45) is 0 Å². The summed E-state index contributed by atoms with van der Waals surface area (Å²) in [7, 11) is 0.